The van der Waals surface area contributed by atoms with E-state index in [1.54, 1.807) is 50.9 Å². The van der Waals surface area contributed by atoms with Gasteiger partial charge in [0.05, 0.1) is 19.2 Å². The molecule has 2 aromatic heterocycles. The number of aryl methyl sites for hydroxylation is 2. The van der Waals surface area contributed by atoms with Crippen LogP contribution in [0, 0.1) is 37.4 Å². The van der Waals surface area contributed by atoms with Crippen LogP contribution in [0.15, 0.2) is 41.1 Å². The van der Waals surface area contributed by atoms with Crippen LogP contribution < -0.4 is 10.1 Å². The summed E-state index contributed by atoms with van der Waals surface area (Å²) in [6.45, 7) is 7.36. The van der Waals surface area contributed by atoms with E-state index in [9.17, 15) is 19.1 Å². The number of halogens is 1. The van der Waals surface area contributed by atoms with Crippen LogP contribution in [0.4, 0.5) is 14.9 Å². The van der Waals surface area contributed by atoms with Gasteiger partial charge in [-0.25, -0.2) is 14.2 Å². The van der Waals surface area contributed by atoms with Crippen LogP contribution >= 0.6 is 0 Å². The lowest BCUT2D eigenvalue weighted by Gasteiger charge is -2.37. The van der Waals surface area contributed by atoms with Gasteiger partial charge in [0.2, 0.25) is 5.88 Å². The third-order valence-corrected chi connectivity index (χ3v) is 6.76. The minimum atomic E-state index is -0.530. The van der Waals surface area contributed by atoms with Crippen molar-refractivity contribution in [2.24, 2.45) is 5.92 Å². The van der Waals surface area contributed by atoms with Crippen LogP contribution in [-0.4, -0.2) is 75.9 Å². The van der Waals surface area contributed by atoms with E-state index in [1.807, 2.05) is 6.92 Å². The van der Waals surface area contributed by atoms with E-state index in [1.165, 1.54) is 23.2 Å². The summed E-state index contributed by atoms with van der Waals surface area (Å²) in [5.41, 5.74) is 2.19. The zero-order chi connectivity index (χ0) is 29.0. The van der Waals surface area contributed by atoms with E-state index in [2.05, 4.69) is 27.3 Å². The van der Waals surface area contributed by atoms with Crippen LogP contribution in [0.1, 0.15) is 46.8 Å². The third kappa shape index (κ3) is 6.40. The Labute approximate surface area is 232 Å². The number of ether oxygens (including phenoxy) is 1. The summed E-state index contributed by atoms with van der Waals surface area (Å²) in [6.07, 6.45) is 0.951. The zero-order valence-corrected chi connectivity index (χ0v) is 23.1. The number of benzene rings is 1. The van der Waals surface area contributed by atoms with Gasteiger partial charge in [0.1, 0.15) is 28.9 Å². The number of anilines is 1. The molecule has 1 aromatic carbocycles. The summed E-state index contributed by atoms with van der Waals surface area (Å²) in [5, 5.41) is 16.5. The largest absolute Gasteiger partial charge is 0.472 e. The highest BCUT2D eigenvalue weighted by atomic mass is 19.1. The van der Waals surface area contributed by atoms with Gasteiger partial charge < -0.3 is 29.5 Å². The fourth-order valence-corrected chi connectivity index (χ4v) is 4.32. The molecule has 3 heterocycles. The second-order valence-electron chi connectivity index (χ2n) is 9.97. The normalized spacial score (nSPS) is 17.5. The van der Waals surface area contributed by atoms with Gasteiger partial charge in [-0.3, -0.25) is 4.79 Å². The second kappa shape index (κ2) is 12.2. The number of amides is 3. The summed E-state index contributed by atoms with van der Waals surface area (Å²) in [6, 6.07) is 6.63. The first kappa shape index (κ1) is 28.6. The Morgan fingerprint density at radius 3 is 2.73 bits per heavy atom. The molecule has 3 atom stereocenters. The van der Waals surface area contributed by atoms with E-state index >= 15 is 0 Å². The van der Waals surface area contributed by atoms with Gasteiger partial charge >= 0.3 is 6.03 Å². The molecule has 0 spiro atoms. The summed E-state index contributed by atoms with van der Waals surface area (Å²) < 4.78 is 24.9. The molecule has 40 heavy (non-hydrogen) atoms. The monoisotopic (exact) mass is 549 g/mol. The zero-order valence-electron chi connectivity index (χ0n) is 23.1. The first-order chi connectivity index (χ1) is 19.1. The third-order valence-electron chi connectivity index (χ3n) is 6.76. The smallest absolute Gasteiger partial charge is 0.321 e. The van der Waals surface area contributed by atoms with Gasteiger partial charge in [-0.15, -0.1) is 0 Å². The van der Waals surface area contributed by atoms with E-state index in [0.29, 0.717) is 28.3 Å². The molecular weight excluding hydrogens is 517 g/mol. The molecule has 11 heteroatoms. The highest BCUT2D eigenvalue weighted by molar-refractivity contribution is 5.97. The van der Waals surface area contributed by atoms with Gasteiger partial charge in [0.15, 0.2) is 5.76 Å². The van der Waals surface area contributed by atoms with Crippen LogP contribution in [0.5, 0.6) is 5.88 Å². The summed E-state index contributed by atoms with van der Waals surface area (Å²) >= 11 is 0. The molecular formula is C29H32FN5O5. The minimum absolute atomic E-state index is 0.104. The number of urea groups is 1. The SMILES string of the molecule is Cc1noc(C)c1NC(=O)N(C)C[C@@H]1Oc2ncc(C#Cc3cccc(F)c3)cc2C(=O)N([C@H](C)CO)C[C@@H]1C. The van der Waals surface area contributed by atoms with E-state index < -0.39 is 18.0 Å². The molecule has 0 bridgehead atoms. The van der Waals surface area contributed by atoms with Crippen molar-refractivity contribution in [3.8, 4) is 17.7 Å². The highest BCUT2D eigenvalue weighted by Crippen LogP contribution is 2.27. The molecule has 0 aliphatic carbocycles. The number of carbonyl (C=O) groups is 2. The fourth-order valence-electron chi connectivity index (χ4n) is 4.32. The molecule has 210 valence electrons. The van der Waals surface area contributed by atoms with E-state index in [-0.39, 0.29) is 49.0 Å². The highest BCUT2D eigenvalue weighted by Gasteiger charge is 2.35. The van der Waals surface area contributed by atoms with Crippen LogP contribution in [0.2, 0.25) is 0 Å². The number of aliphatic hydroxyl groups is 1. The predicted molar refractivity (Wildman–Crippen MR) is 145 cm³/mol. The van der Waals surface area contributed by atoms with Crippen molar-refractivity contribution < 1.29 is 28.3 Å². The van der Waals surface area contributed by atoms with Crippen LogP contribution in [0.25, 0.3) is 0 Å². The predicted octanol–water partition coefficient (Wildman–Crippen LogP) is 3.61. The maximum atomic E-state index is 13.6. The Morgan fingerprint density at radius 2 is 2.05 bits per heavy atom. The molecule has 4 rings (SSSR count). The molecule has 1 aliphatic rings. The molecule has 0 radical (unpaired) electrons. The average molecular weight is 550 g/mol. The van der Waals surface area contributed by atoms with Crippen molar-refractivity contribution in [2.45, 2.75) is 39.8 Å². The van der Waals surface area contributed by atoms with Crippen LogP contribution in [0.3, 0.4) is 0 Å². The van der Waals surface area contributed by atoms with Crippen molar-refractivity contribution in [2.75, 3.05) is 32.1 Å². The Balaban J connectivity index is 1.62. The van der Waals surface area contributed by atoms with Crippen molar-refractivity contribution in [3.05, 3.63) is 70.5 Å². The Bertz CT molecular complexity index is 1440. The summed E-state index contributed by atoms with van der Waals surface area (Å²) in [7, 11) is 1.64. The molecule has 0 saturated carbocycles. The number of hydrogen-bond donors (Lipinski definition) is 2. The Kier molecular flexibility index (Phi) is 8.70. The maximum Gasteiger partial charge on any atom is 0.321 e. The molecule has 3 aromatic rings. The number of hydrogen-bond acceptors (Lipinski definition) is 7. The number of likely N-dealkylation sites (N-methyl/N-ethyl adjacent to an activating group) is 1. The fraction of sp³-hybridized carbons (Fsp3) is 0.379. The molecule has 10 nitrogen and oxygen atoms in total. The second-order valence-corrected chi connectivity index (χ2v) is 9.97. The minimum Gasteiger partial charge on any atom is -0.472 e. The van der Waals surface area contributed by atoms with Gasteiger partial charge in [-0.2, -0.15) is 0 Å². The molecule has 3 amide bonds. The number of nitrogens with zero attached hydrogens (tertiary/aromatic N) is 4. The van der Waals surface area contributed by atoms with Crippen LogP contribution in [-0.2, 0) is 0 Å². The lowest BCUT2D eigenvalue weighted by molar-refractivity contribution is 0.0356. The van der Waals surface area contributed by atoms with Crippen molar-refractivity contribution in [1.82, 2.24) is 19.9 Å². The van der Waals surface area contributed by atoms with Gasteiger partial charge in [-0.1, -0.05) is 30.0 Å². The number of nitrogens with one attached hydrogen (secondary N) is 1. The lowest BCUT2D eigenvalue weighted by Crippen LogP contribution is -2.50. The Hall–Kier alpha value is -4.43. The molecule has 1 aliphatic heterocycles. The Morgan fingerprint density at radius 1 is 1.30 bits per heavy atom. The number of carbonyl (C=O) groups excluding carboxylic acids is 2. The standard InChI is InChI=1S/C29H32FN5O5/c1-17-14-35(18(2)16-36)28(37)24-12-22(10-9-21-7-6-8-23(30)11-21)13-31-27(24)39-25(17)15-34(5)29(38)32-26-19(3)33-40-20(26)4/h6-8,11-13,17-18,25,36H,14-16H2,1-5H3,(H,32,38)/t17-,18+,25-/m0/s1. The van der Waals surface area contributed by atoms with E-state index in [0.717, 1.165) is 0 Å². The van der Waals surface area contributed by atoms with Crippen molar-refractivity contribution >= 4 is 17.6 Å². The molecule has 0 saturated heterocycles. The number of aromatic nitrogens is 2. The van der Waals surface area contributed by atoms with Gasteiger partial charge in [-0.05, 0) is 45.0 Å². The average Bonchev–Trinajstić information content (AvgIpc) is 3.25. The van der Waals surface area contributed by atoms with Crippen molar-refractivity contribution in [3.63, 3.8) is 0 Å². The first-order valence-corrected chi connectivity index (χ1v) is 12.9. The van der Waals surface area contributed by atoms with E-state index in [4.69, 9.17) is 9.26 Å². The number of pyridine rings is 1. The maximum absolute atomic E-state index is 13.6. The molecule has 0 unspecified atom stereocenters. The number of fused-ring (bicyclic) bond motifs is 1. The molecule has 2 N–H and O–H groups in total. The van der Waals surface area contributed by atoms with Gasteiger partial charge in [0.25, 0.3) is 5.91 Å². The summed E-state index contributed by atoms with van der Waals surface area (Å²) in [5.74, 6) is 5.44. The topological polar surface area (TPSA) is 121 Å². The first-order valence-electron chi connectivity index (χ1n) is 12.9. The number of aliphatic hydroxyl groups excluding tert-OH is 1. The molecule has 0 fully saturated rings. The quantitative estimate of drug-likeness (QED) is 0.467. The van der Waals surface area contributed by atoms with Crippen molar-refractivity contribution in [1.29, 1.82) is 0 Å². The van der Waals surface area contributed by atoms with Gasteiger partial charge in [0, 0.05) is 36.8 Å². The summed E-state index contributed by atoms with van der Waals surface area (Å²) in [4.78, 5) is 34.0. The lowest BCUT2D eigenvalue weighted by atomic mass is 10.00. The number of rotatable bonds is 5.